The molecule has 2 aromatic carbocycles. The van der Waals surface area contributed by atoms with Crippen LogP contribution in [0.5, 0.6) is 11.5 Å². The first-order valence-electron chi connectivity index (χ1n) is 8.91. The van der Waals surface area contributed by atoms with E-state index in [0.717, 1.165) is 47.6 Å². The summed E-state index contributed by atoms with van der Waals surface area (Å²) in [7, 11) is 3.38. The number of hydrogen-bond acceptors (Lipinski definition) is 5. The van der Waals surface area contributed by atoms with E-state index in [9.17, 15) is 0 Å². The third-order valence-corrected chi connectivity index (χ3v) is 5.09. The Morgan fingerprint density at radius 2 is 1.92 bits per heavy atom. The van der Waals surface area contributed by atoms with Crippen molar-refractivity contribution in [3.8, 4) is 11.5 Å². The van der Waals surface area contributed by atoms with E-state index in [1.54, 1.807) is 20.5 Å². The zero-order valence-electron chi connectivity index (χ0n) is 15.4. The Morgan fingerprint density at radius 1 is 1.04 bits per heavy atom. The van der Waals surface area contributed by atoms with Crippen LogP contribution in [0.25, 0.3) is 10.9 Å². The van der Waals surface area contributed by atoms with Crippen molar-refractivity contribution < 1.29 is 9.47 Å². The zero-order chi connectivity index (χ0) is 18.1. The lowest BCUT2D eigenvalue weighted by Crippen LogP contribution is -2.24. The first-order valence-corrected chi connectivity index (χ1v) is 8.91. The summed E-state index contributed by atoms with van der Waals surface area (Å²) < 4.78 is 11.0. The Morgan fingerprint density at radius 3 is 2.73 bits per heavy atom. The summed E-state index contributed by atoms with van der Waals surface area (Å²) in [6, 6.07) is 12.6. The topological polar surface area (TPSA) is 47.5 Å². The molecule has 0 amide bonds. The van der Waals surface area contributed by atoms with Crippen molar-refractivity contribution in [1.82, 2.24) is 9.97 Å². The monoisotopic (exact) mass is 349 g/mol. The molecule has 134 valence electrons. The van der Waals surface area contributed by atoms with Crippen LogP contribution in [0.2, 0.25) is 0 Å². The van der Waals surface area contributed by atoms with Crippen LogP contribution in [0.4, 0.5) is 5.82 Å². The average Bonchev–Trinajstić information content (AvgIpc) is 3.16. The molecule has 1 saturated heterocycles. The van der Waals surface area contributed by atoms with E-state index in [1.165, 1.54) is 11.1 Å². The molecule has 26 heavy (non-hydrogen) atoms. The number of hydrogen-bond donors (Lipinski definition) is 0. The maximum atomic E-state index is 5.65. The van der Waals surface area contributed by atoms with Crippen LogP contribution in [0.1, 0.15) is 30.0 Å². The maximum Gasteiger partial charge on any atom is 0.140 e. The SMILES string of the molecule is COc1ccc(C2CCCN2c2ncnc3ccc(C)cc23)c(OC)c1. The van der Waals surface area contributed by atoms with Crippen LogP contribution in [0, 0.1) is 6.92 Å². The second-order valence-electron chi connectivity index (χ2n) is 6.68. The van der Waals surface area contributed by atoms with Crippen molar-refractivity contribution in [3.63, 3.8) is 0 Å². The highest BCUT2D eigenvalue weighted by Gasteiger charge is 2.30. The van der Waals surface area contributed by atoms with Gasteiger partial charge in [0.2, 0.25) is 0 Å². The van der Waals surface area contributed by atoms with Crippen LogP contribution in [0.3, 0.4) is 0 Å². The van der Waals surface area contributed by atoms with Crippen molar-refractivity contribution >= 4 is 16.7 Å². The van der Waals surface area contributed by atoms with Crippen molar-refractivity contribution in [1.29, 1.82) is 0 Å². The summed E-state index contributed by atoms with van der Waals surface area (Å²) >= 11 is 0. The molecule has 0 aliphatic carbocycles. The summed E-state index contributed by atoms with van der Waals surface area (Å²) in [6.45, 7) is 3.07. The number of anilines is 1. The lowest BCUT2D eigenvalue weighted by atomic mass is 10.0. The van der Waals surface area contributed by atoms with Gasteiger partial charge >= 0.3 is 0 Å². The standard InChI is InChI=1S/C21H23N3O2/c1-14-6-9-18-17(11-14)21(23-13-22-18)24-10-4-5-19(24)16-8-7-15(25-2)12-20(16)26-3/h6-9,11-13,19H,4-5,10H2,1-3H3. The number of methoxy groups -OCH3 is 2. The Labute approximate surface area is 153 Å². The second-order valence-corrected chi connectivity index (χ2v) is 6.68. The fourth-order valence-electron chi connectivity index (χ4n) is 3.82. The molecule has 0 saturated carbocycles. The molecule has 0 radical (unpaired) electrons. The van der Waals surface area contributed by atoms with Crippen LogP contribution in [-0.2, 0) is 0 Å². The number of ether oxygens (including phenoxy) is 2. The lowest BCUT2D eigenvalue weighted by molar-refractivity contribution is 0.388. The molecule has 0 bridgehead atoms. The molecule has 5 nitrogen and oxygen atoms in total. The minimum absolute atomic E-state index is 0.231. The Balaban J connectivity index is 1.80. The minimum atomic E-state index is 0.231. The van der Waals surface area contributed by atoms with Crippen molar-refractivity contribution in [2.24, 2.45) is 0 Å². The van der Waals surface area contributed by atoms with E-state index < -0.39 is 0 Å². The average molecular weight is 349 g/mol. The van der Waals surface area contributed by atoms with Gasteiger partial charge in [-0.3, -0.25) is 0 Å². The summed E-state index contributed by atoms with van der Waals surface area (Å²) in [6.07, 6.45) is 3.85. The fraction of sp³-hybridized carbons (Fsp3) is 0.333. The molecule has 3 aromatic rings. The third-order valence-electron chi connectivity index (χ3n) is 5.09. The van der Waals surface area contributed by atoms with Gasteiger partial charge in [-0.1, -0.05) is 11.6 Å². The van der Waals surface area contributed by atoms with Gasteiger partial charge in [-0.15, -0.1) is 0 Å². The van der Waals surface area contributed by atoms with Crippen molar-refractivity contribution in [2.45, 2.75) is 25.8 Å². The highest BCUT2D eigenvalue weighted by atomic mass is 16.5. The zero-order valence-corrected chi connectivity index (χ0v) is 15.4. The van der Waals surface area contributed by atoms with Crippen molar-refractivity contribution in [2.75, 3.05) is 25.7 Å². The molecular formula is C21H23N3O2. The van der Waals surface area contributed by atoms with Gasteiger partial charge in [0.05, 0.1) is 25.8 Å². The van der Waals surface area contributed by atoms with Gasteiger partial charge in [-0.25, -0.2) is 9.97 Å². The molecule has 2 heterocycles. The van der Waals surface area contributed by atoms with Gasteiger partial charge in [0, 0.05) is 23.6 Å². The quantitative estimate of drug-likeness (QED) is 0.703. The molecule has 0 N–H and O–H groups in total. The largest absolute Gasteiger partial charge is 0.497 e. The molecule has 1 aliphatic heterocycles. The molecule has 1 fully saturated rings. The number of fused-ring (bicyclic) bond motifs is 1. The highest BCUT2D eigenvalue weighted by Crippen LogP contribution is 2.42. The Bertz CT molecular complexity index is 942. The smallest absolute Gasteiger partial charge is 0.140 e. The second kappa shape index (κ2) is 6.83. The van der Waals surface area contributed by atoms with Crippen LogP contribution < -0.4 is 14.4 Å². The maximum absolute atomic E-state index is 5.65. The third kappa shape index (κ3) is 2.83. The van der Waals surface area contributed by atoms with Crippen LogP contribution in [0.15, 0.2) is 42.7 Å². The molecular weight excluding hydrogens is 326 g/mol. The predicted octanol–water partition coefficient (Wildman–Crippen LogP) is 4.30. The van der Waals surface area contributed by atoms with Gasteiger partial charge in [-0.2, -0.15) is 0 Å². The van der Waals surface area contributed by atoms with E-state index in [-0.39, 0.29) is 6.04 Å². The number of benzene rings is 2. The summed E-state index contributed by atoms with van der Waals surface area (Å²) in [5.74, 6) is 2.66. The van der Waals surface area contributed by atoms with Crippen molar-refractivity contribution in [3.05, 3.63) is 53.9 Å². The highest BCUT2D eigenvalue weighted by molar-refractivity contribution is 5.90. The van der Waals surface area contributed by atoms with E-state index in [4.69, 9.17) is 9.47 Å². The van der Waals surface area contributed by atoms with Gasteiger partial charge < -0.3 is 14.4 Å². The van der Waals surface area contributed by atoms with Gasteiger partial charge in [0.25, 0.3) is 0 Å². The van der Waals surface area contributed by atoms with E-state index in [0.29, 0.717) is 0 Å². The van der Waals surface area contributed by atoms with Gasteiger partial charge in [-0.05, 0) is 44.0 Å². The summed E-state index contributed by atoms with van der Waals surface area (Å²) in [4.78, 5) is 11.5. The Kier molecular flexibility index (Phi) is 4.37. The van der Waals surface area contributed by atoms with E-state index in [2.05, 4.69) is 46.1 Å². The first-order chi connectivity index (χ1) is 12.7. The molecule has 5 heteroatoms. The number of aromatic nitrogens is 2. The normalized spacial score (nSPS) is 16.9. The molecule has 1 aliphatic rings. The Hall–Kier alpha value is -2.82. The molecule has 1 atom stereocenters. The van der Waals surface area contributed by atoms with Gasteiger partial charge in [0.15, 0.2) is 0 Å². The predicted molar refractivity (Wildman–Crippen MR) is 103 cm³/mol. The molecule has 1 aromatic heterocycles. The van der Waals surface area contributed by atoms with E-state index >= 15 is 0 Å². The van der Waals surface area contributed by atoms with E-state index in [1.807, 2.05) is 12.1 Å². The molecule has 4 rings (SSSR count). The van der Waals surface area contributed by atoms with Gasteiger partial charge in [0.1, 0.15) is 23.6 Å². The summed E-state index contributed by atoms with van der Waals surface area (Å²) in [5, 5.41) is 1.10. The lowest BCUT2D eigenvalue weighted by Gasteiger charge is -2.28. The number of rotatable bonds is 4. The first kappa shape index (κ1) is 16.6. The fourth-order valence-corrected chi connectivity index (χ4v) is 3.82. The molecule has 1 unspecified atom stereocenters. The molecule has 0 spiro atoms. The van der Waals surface area contributed by atoms with Crippen LogP contribution >= 0.6 is 0 Å². The van der Waals surface area contributed by atoms with Crippen LogP contribution in [-0.4, -0.2) is 30.7 Å². The summed E-state index contributed by atoms with van der Waals surface area (Å²) in [5.41, 5.74) is 3.37. The number of nitrogens with zero attached hydrogens (tertiary/aromatic N) is 3. The minimum Gasteiger partial charge on any atom is -0.497 e. The number of aryl methyl sites for hydroxylation is 1.